The van der Waals surface area contributed by atoms with Crippen LogP contribution in [0.15, 0.2) is 24.3 Å². The monoisotopic (exact) mass is 322 g/mol. The second-order valence-corrected chi connectivity index (χ2v) is 5.21. The average molecular weight is 322 g/mol. The van der Waals surface area contributed by atoms with Crippen LogP contribution in [0.1, 0.15) is 41.6 Å². The van der Waals surface area contributed by atoms with E-state index in [0.29, 0.717) is 30.4 Å². The minimum Gasteiger partial charge on any atom is -0.481 e. The molecule has 1 aromatic carbocycles. The van der Waals surface area contributed by atoms with Crippen molar-refractivity contribution in [1.29, 1.82) is 0 Å². The van der Waals surface area contributed by atoms with E-state index in [2.05, 4.69) is 4.74 Å². The Morgan fingerprint density at radius 2 is 1.78 bits per heavy atom. The average Bonchev–Trinajstić information content (AvgIpc) is 2.56. The van der Waals surface area contributed by atoms with E-state index in [9.17, 15) is 19.5 Å². The largest absolute Gasteiger partial charge is 0.481 e. The fourth-order valence-corrected chi connectivity index (χ4v) is 2.35. The van der Waals surface area contributed by atoms with Gasteiger partial charge in [0.25, 0.3) is 0 Å². The Bertz CT molecular complexity index is 552. The number of benzene rings is 1. The summed E-state index contributed by atoms with van der Waals surface area (Å²) >= 11 is 0. The fraction of sp³-hybridized carbons (Fsp3) is 0.471. The van der Waals surface area contributed by atoms with Gasteiger partial charge in [0.05, 0.1) is 25.7 Å². The maximum atomic E-state index is 11.7. The van der Waals surface area contributed by atoms with Gasteiger partial charge in [-0.2, -0.15) is 0 Å². The highest BCUT2D eigenvalue weighted by molar-refractivity contribution is 5.91. The quantitative estimate of drug-likeness (QED) is 0.555. The topological polar surface area (TPSA) is 89.9 Å². The Balaban J connectivity index is 2.68. The molecule has 0 amide bonds. The number of carbonyl (C=O) groups is 3. The third kappa shape index (κ3) is 6.10. The smallest absolute Gasteiger partial charge is 0.338 e. The van der Waals surface area contributed by atoms with Crippen molar-refractivity contribution in [2.45, 2.75) is 32.1 Å². The first-order valence-corrected chi connectivity index (χ1v) is 7.45. The van der Waals surface area contributed by atoms with E-state index in [0.717, 1.165) is 0 Å². The minimum absolute atomic E-state index is 0.249. The number of hydrogen-bond acceptors (Lipinski definition) is 5. The fourth-order valence-electron chi connectivity index (χ4n) is 2.35. The molecule has 1 aromatic rings. The number of carboxylic acid groups (broad SMARTS) is 1. The Morgan fingerprint density at radius 1 is 1.09 bits per heavy atom. The maximum Gasteiger partial charge on any atom is 0.338 e. The van der Waals surface area contributed by atoms with Gasteiger partial charge >= 0.3 is 17.9 Å². The molecule has 0 aromatic heterocycles. The lowest BCUT2D eigenvalue weighted by molar-refractivity contribution is -0.142. The Labute approximate surface area is 135 Å². The number of aliphatic carboxylic acids is 1. The van der Waals surface area contributed by atoms with Crippen LogP contribution in [-0.4, -0.2) is 37.2 Å². The number of methoxy groups -OCH3 is 2. The van der Waals surface area contributed by atoms with Gasteiger partial charge in [-0.1, -0.05) is 24.6 Å². The third-order valence-electron chi connectivity index (χ3n) is 3.65. The summed E-state index contributed by atoms with van der Waals surface area (Å²) in [6, 6.07) is 6.83. The zero-order chi connectivity index (χ0) is 17.2. The van der Waals surface area contributed by atoms with Crippen molar-refractivity contribution in [1.82, 2.24) is 0 Å². The van der Waals surface area contributed by atoms with Crippen LogP contribution in [0.25, 0.3) is 0 Å². The van der Waals surface area contributed by atoms with Crippen LogP contribution in [0.3, 0.4) is 0 Å². The highest BCUT2D eigenvalue weighted by Crippen LogP contribution is 2.20. The maximum absolute atomic E-state index is 11.7. The number of ether oxygens (including phenoxy) is 2. The first kappa shape index (κ1) is 18.7. The van der Waals surface area contributed by atoms with Crippen molar-refractivity contribution in [3.63, 3.8) is 0 Å². The standard InChI is InChI=1S/C17H22O6/c1-22-15(18)10-6-4-8-13(16(19)20)11-12-7-3-5-9-14(12)17(21)23-2/h3,5,7,9,13H,4,6,8,10-11H2,1-2H3,(H,19,20). The lowest BCUT2D eigenvalue weighted by atomic mass is 9.91. The molecular weight excluding hydrogens is 300 g/mol. The molecule has 0 aliphatic rings. The van der Waals surface area contributed by atoms with E-state index < -0.39 is 17.9 Å². The van der Waals surface area contributed by atoms with Crippen molar-refractivity contribution >= 4 is 17.9 Å². The minimum atomic E-state index is -0.914. The Morgan fingerprint density at radius 3 is 2.39 bits per heavy atom. The number of hydrogen-bond donors (Lipinski definition) is 1. The molecule has 0 saturated heterocycles. The number of carbonyl (C=O) groups excluding carboxylic acids is 2. The number of carboxylic acids is 1. The molecule has 0 aliphatic heterocycles. The van der Waals surface area contributed by atoms with Crippen molar-refractivity contribution in [3.05, 3.63) is 35.4 Å². The molecule has 1 N–H and O–H groups in total. The first-order chi connectivity index (χ1) is 11.0. The van der Waals surface area contributed by atoms with Crippen LogP contribution in [-0.2, 0) is 25.5 Å². The zero-order valence-electron chi connectivity index (χ0n) is 13.4. The summed E-state index contributed by atoms with van der Waals surface area (Å²) in [5.74, 6) is -2.30. The summed E-state index contributed by atoms with van der Waals surface area (Å²) in [4.78, 5) is 34.2. The van der Waals surface area contributed by atoms with Gasteiger partial charge in [0, 0.05) is 6.42 Å². The van der Waals surface area contributed by atoms with E-state index in [1.54, 1.807) is 24.3 Å². The van der Waals surface area contributed by atoms with Crippen LogP contribution in [0.5, 0.6) is 0 Å². The van der Waals surface area contributed by atoms with Crippen molar-refractivity contribution in [2.24, 2.45) is 5.92 Å². The molecule has 23 heavy (non-hydrogen) atoms. The first-order valence-electron chi connectivity index (χ1n) is 7.45. The van der Waals surface area contributed by atoms with Crippen molar-refractivity contribution in [3.8, 4) is 0 Å². The zero-order valence-corrected chi connectivity index (χ0v) is 13.4. The number of esters is 2. The molecule has 1 rings (SSSR count). The molecule has 126 valence electrons. The normalized spacial score (nSPS) is 11.6. The van der Waals surface area contributed by atoms with Gasteiger partial charge in [-0.25, -0.2) is 4.79 Å². The molecule has 0 heterocycles. The van der Waals surface area contributed by atoms with Gasteiger partial charge in [0.2, 0.25) is 0 Å². The van der Waals surface area contributed by atoms with Crippen molar-refractivity contribution in [2.75, 3.05) is 14.2 Å². The molecule has 0 fully saturated rings. The Hall–Kier alpha value is -2.37. The van der Waals surface area contributed by atoms with Crippen molar-refractivity contribution < 1.29 is 29.0 Å². The molecule has 0 saturated carbocycles. The van der Waals surface area contributed by atoms with Crippen LogP contribution >= 0.6 is 0 Å². The summed E-state index contributed by atoms with van der Waals surface area (Å²) < 4.78 is 9.27. The van der Waals surface area contributed by atoms with Crippen LogP contribution in [0.2, 0.25) is 0 Å². The third-order valence-corrected chi connectivity index (χ3v) is 3.65. The number of rotatable bonds is 9. The summed E-state index contributed by atoms with van der Waals surface area (Å²) in [5.41, 5.74) is 1.04. The molecule has 1 unspecified atom stereocenters. The second-order valence-electron chi connectivity index (χ2n) is 5.21. The molecule has 6 heteroatoms. The van der Waals surface area contributed by atoms with E-state index in [1.807, 2.05) is 0 Å². The highest BCUT2D eigenvalue weighted by atomic mass is 16.5. The lowest BCUT2D eigenvalue weighted by Gasteiger charge is -2.14. The van der Waals surface area contributed by atoms with E-state index in [1.165, 1.54) is 14.2 Å². The highest BCUT2D eigenvalue weighted by Gasteiger charge is 2.21. The second kappa shape index (κ2) is 9.61. The van der Waals surface area contributed by atoms with E-state index >= 15 is 0 Å². The lowest BCUT2D eigenvalue weighted by Crippen LogP contribution is -2.18. The predicted molar refractivity (Wildman–Crippen MR) is 83.1 cm³/mol. The molecule has 0 spiro atoms. The SMILES string of the molecule is COC(=O)CCCCC(Cc1ccccc1C(=O)OC)C(=O)O. The molecular formula is C17H22O6. The van der Waals surface area contributed by atoms with Crippen LogP contribution < -0.4 is 0 Å². The molecule has 0 aliphatic carbocycles. The molecule has 0 radical (unpaired) electrons. The summed E-state index contributed by atoms with van der Waals surface area (Å²) in [6.45, 7) is 0. The Kier molecular flexibility index (Phi) is 7.80. The van der Waals surface area contributed by atoms with Crippen LogP contribution in [0.4, 0.5) is 0 Å². The van der Waals surface area contributed by atoms with Gasteiger partial charge in [-0.15, -0.1) is 0 Å². The summed E-state index contributed by atoms with van der Waals surface area (Å²) in [5, 5.41) is 9.37. The van der Waals surface area contributed by atoms with Gasteiger partial charge in [-0.3, -0.25) is 9.59 Å². The molecule has 0 bridgehead atoms. The van der Waals surface area contributed by atoms with Gasteiger partial charge in [-0.05, 0) is 30.9 Å². The van der Waals surface area contributed by atoms with E-state index in [-0.39, 0.29) is 18.8 Å². The van der Waals surface area contributed by atoms with Gasteiger partial charge in [0.15, 0.2) is 0 Å². The summed E-state index contributed by atoms with van der Waals surface area (Å²) in [7, 11) is 2.62. The number of unbranched alkanes of at least 4 members (excludes halogenated alkanes) is 1. The van der Waals surface area contributed by atoms with Gasteiger partial charge < -0.3 is 14.6 Å². The summed E-state index contributed by atoms with van der Waals surface area (Å²) in [6.07, 6.45) is 2.14. The molecule has 6 nitrogen and oxygen atoms in total. The van der Waals surface area contributed by atoms with Gasteiger partial charge in [0.1, 0.15) is 0 Å². The van der Waals surface area contributed by atoms with Crippen LogP contribution in [0, 0.1) is 5.92 Å². The van der Waals surface area contributed by atoms with E-state index in [4.69, 9.17) is 4.74 Å². The predicted octanol–water partition coefficient (Wildman–Crippen LogP) is 2.45. The molecule has 1 atom stereocenters.